The van der Waals surface area contributed by atoms with Crippen molar-refractivity contribution in [2.45, 2.75) is 39.7 Å². The molecule has 0 saturated heterocycles. The molecule has 0 spiro atoms. The molecular formula is C23H31N3O3. The Bertz CT molecular complexity index is 847. The van der Waals surface area contributed by atoms with E-state index in [-0.39, 0.29) is 5.91 Å². The Hall–Kier alpha value is -2.76. The first-order valence-corrected chi connectivity index (χ1v) is 10.3. The summed E-state index contributed by atoms with van der Waals surface area (Å²) < 4.78 is 10.8. The van der Waals surface area contributed by atoms with E-state index < -0.39 is 0 Å². The molecule has 0 bridgehead atoms. The SMILES string of the molecule is CCCN(CCC)c1ccnc(C(=O)N2CCc3cc(OC)c(OC)cc3C2)c1. The number of carbonyl (C=O) groups excluding carboxylic acids is 1. The van der Waals surface area contributed by atoms with Crippen molar-refractivity contribution in [3.05, 3.63) is 47.3 Å². The molecule has 0 radical (unpaired) electrons. The molecule has 2 heterocycles. The van der Waals surface area contributed by atoms with E-state index in [2.05, 4.69) is 23.7 Å². The number of ether oxygens (including phenoxy) is 2. The third-order valence-corrected chi connectivity index (χ3v) is 5.32. The lowest BCUT2D eigenvalue weighted by Crippen LogP contribution is -2.36. The highest BCUT2D eigenvalue weighted by Gasteiger charge is 2.25. The van der Waals surface area contributed by atoms with Crippen LogP contribution < -0.4 is 14.4 Å². The fraction of sp³-hybridized carbons (Fsp3) is 0.478. The van der Waals surface area contributed by atoms with Gasteiger partial charge in [-0.1, -0.05) is 13.8 Å². The molecule has 1 aromatic heterocycles. The minimum atomic E-state index is -0.0276. The Labute approximate surface area is 173 Å². The van der Waals surface area contributed by atoms with Crippen molar-refractivity contribution in [3.63, 3.8) is 0 Å². The lowest BCUT2D eigenvalue weighted by atomic mass is 9.98. The molecule has 0 atom stereocenters. The smallest absolute Gasteiger partial charge is 0.272 e. The molecule has 6 nitrogen and oxygen atoms in total. The van der Waals surface area contributed by atoms with Gasteiger partial charge in [-0.05, 0) is 54.7 Å². The van der Waals surface area contributed by atoms with Gasteiger partial charge >= 0.3 is 0 Å². The lowest BCUT2D eigenvalue weighted by Gasteiger charge is -2.30. The van der Waals surface area contributed by atoms with Gasteiger partial charge in [-0.2, -0.15) is 0 Å². The Morgan fingerprint density at radius 2 is 1.72 bits per heavy atom. The van der Waals surface area contributed by atoms with E-state index in [4.69, 9.17) is 9.47 Å². The average Bonchev–Trinajstić information content (AvgIpc) is 2.77. The van der Waals surface area contributed by atoms with Crippen LogP contribution in [0.3, 0.4) is 0 Å². The summed E-state index contributed by atoms with van der Waals surface area (Å²) >= 11 is 0. The first kappa shape index (κ1) is 21.0. The molecule has 1 aliphatic rings. The number of anilines is 1. The topological polar surface area (TPSA) is 54.9 Å². The summed E-state index contributed by atoms with van der Waals surface area (Å²) in [5.74, 6) is 1.39. The minimum absolute atomic E-state index is 0.0276. The zero-order chi connectivity index (χ0) is 20.8. The number of methoxy groups -OCH3 is 2. The fourth-order valence-corrected chi connectivity index (χ4v) is 3.86. The van der Waals surface area contributed by atoms with Crippen LogP contribution in [0.4, 0.5) is 5.69 Å². The molecule has 1 amide bonds. The van der Waals surface area contributed by atoms with Crippen molar-refractivity contribution in [2.24, 2.45) is 0 Å². The highest BCUT2D eigenvalue weighted by molar-refractivity contribution is 5.93. The Morgan fingerprint density at radius 3 is 2.34 bits per heavy atom. The quantitative estimate of drug-likeness (QED) is 0.676. The zero-order valence-corrected chi connectivity index (χ0v) is 17.9. The van der Waals surface area contributed by atoms with Gasteiger partial charge in [0.1, 0.15) is 5.69 Å². The maximum Gasteiger partial charge on any atom is 0.272 e. The second kappa shape index (κ2) is 9.63. The predicted octanol–water partition coefficient (Wildman–Crippen LogP) is 3.92. The number of pyridine rings is 1. The number of rotatable bonds is 8. The van der Waals surface area contributed by atoms with Gasteiger partial charge in [0.25, 0.3) is 5.91 Å². The zero-order valence-electron chi connectivity index (χ0n) is 17.9. The largest absolute Gasteiger partial charge is 0.493 e. The minimum Gasteiger partial charge on any atom is -0.493 e. The maximum atomic E-state index is 13.2. The van der Waals surface area contributed by atoms with Crippen molar-refractivity contribution in [3.8, 4) is 11.5 Å². The molecule has 0 unspecified atom stereocenters. The van der Waals surface area contributed by atoms with Crippen LogP contribution in [-0.4, -0.2) is 49.6 Å². The van der Waals surface area contributed by atoms with Gasteiger partial charge in [0.15, 0.2) is 11.5 Å². The number of carbonyl (C=O) groups is 1. The number of benzene rings is 1. The molecule has 6 heteroatoms. The van der Waals surface area contributed by atoms with Crippen molar-refractivity contribution in [1.29, 1.82) is 0 Å². The van der Waals surface area contributed by atoms with Crippen molar-refractivity contribution >= 4 is 11.6 Å². The van der Waals surface area contributed by atoms with Gasteiger partial charge in [0.2, 0.25) is 0 Å². The molecule has 0 aliphatic carbocycles. The Morgan fingerprint density at radius 1 is 1.07 bits per heavy atom. The van der Waals surface area contributed by atoms with E-state index in [1.165, 1.54) is 5.56 Å². The number of fused-ring (bicyclic) bond motifs is 1. The second-order valence-corrected chi connectivity index (χ2v) is 7.34. The summed E-state index contributed by atoms with van der Waals surface area (Å²) in [6, 6.07) is 7.91. The molecular weight excluding hydrogens is 366 g/mol. The summed E-state index contributed by atoms with van der Waals surface area (Å²) in [5, 5.41) is 0. The van der Waals surface area contributed by atoms with Crippen molar-refractivity contribution < 1.29 is 14.3 Å². The summed E-state index contributed by atoms with van der Waals surface area (Å²) in [7, 11) is 3.27. The predicted molar refractivity (Wildman–Crippen MR) is 115 cm³/mol. The standard InChI is InChI=1S/C23H31N3O3/c1-5-10-25(11-6-2)19-7-9-24-20(15-19)23(27)26-12-8-17-13-21(28-3)22(29-4)14-18(17)16-26/h7,9,13-15H,5-6,8,10-12,16H2,1-4H3. The number of hydrogen-bond acceptors (Lipinski definition) is 5. The molecule has 2 aromatic rings. The molecule has 1 aliphatic heterocycles. The van der Waals surface area contributed by atoms with Gasteiger partial charge in [0.05, 0.1) is 14.2 Å². The molecule has 3 rings (SSSR count). The molecule has 0 saturated carbocycles. The van der Waals surface area contributed by atoms with Gasteiger partial charge in [-0.15, -0.1) is 0 Å². The lowest BCUT2D eigenvalue weighted by molar-refractivity contribution is 0.0728. The molecule has 1 aromatic carbocycles. The number of nitrogens with zero attached hydrogens (tertiary/aromatic N) is 3. The first-order chi connectivity index (χ1) is 14.1. The van der Waals surface area contributed by atoms with Crippen LogP contribution >= 0.6 is 0 Å². The van der Waals surface area contributed by atoms with Crippen LogP contribution in [-0.2, 0) is 13.0 Å². The third kappa shape index (κ3) is 4.63. The fourth-order valence-electron chi connectivity index (χ4n) is 3.86. The van der Waals surface area contributed by atoms with Crippen molar-refractivity contribution in [1.82, 2.24) is 9.88 Å². The van der Waals surface area contributed by atoms with Gasteiger partial charge in [0, 0.05) is 38.1 Å². The van der Waals surface area contributed by atoms with E-state index in [9.17, 15) is 4.79 Å². The molecule has 29 heavy (non-hydrogen) atoms. The highest BCUT2D eigenvalue weighted by atomic mass is 16.5. The molecule has 0 fully saturated rings. The number of hydrogen-bond donors (Lipinski definition) is 0. The Kier molecular flexibility index (Phi) is 6.96. The van der Waals surface area contributed by atoms with Crippen LogP contribution in [0.25, 0.3) is 0 Å². The van der Waals surface area contributed by atoms with Crippen LogP contribution in [0.15, 0.2) is 30.5 Å². The van der Waals surface area contributed by atoms with Crippen molar-refractivity contribution in [2.75, 3.05) is 38.8 Å². The molecule has 156 valence electrons. The van der Waals surface area contributed by atoms with Gasteiger partial charge in [-0.3, -0.25) is 9.78 Å². The second-order valence-electron chi connectivity index (χ2n) is 7.34. The van der Waals surface area contributed by atoms with Gasteiger partial charge in [-0.25, -0.2) is 0 Å². The highest BCUT2D eigenvalue weighted by Crippen LogP contribution is 2.33. The monoisotopic (exact) mass is 397 g/mol. The van der Waals surface area contributed by atoms with E-state index in [1.54, 1.807) is 20.4 Å². The summed E-state index contributed by atoms with van der Waals surface area (Å²) in [4.78, 5) is 21.7. The van der Waals surface area contributed by atoms with E-state index in [1.807, 2.05) is 29.2 Å². The Balaban J connectivity index is 1.80. The first-order valence-electron chi connectivity index (χ1n) is 10.3. The maximum absolute atomic E-state index is 13.2. The average molecular weight is 398 g/mol. The third-order valence-electron chi connectivity index (χ3n) is 5.32. The van der Waals surface area contributed by atoms with Gasteiger partial charge < -0.3 is 19.3 Å². The van der Waals surface area contributed by atoms with E-state index in [0.29, 0.717) is 24.5 Å². The van der Waals surface area contributed by atoms with E-state index in [0.717, 1.165) is 49.4 Å². The number of amides is 1. The molecule has 0 N–H and O–H groups in total. The summed E-state index contributed by atoms with van der Waals surface area (Å²) in [6.07, 6.45) is 4.67. The number of aromatic nitrogens is 1. The van der Waals surface area contributed by atoms with Crippen LogP contribution in [0.2, 0.25) is 0 Å². The van der Waals surface area contributed by atoms with E-state index >= 15 is 0 Å². The van der Waals surface area contributed by atoms with Crippen LogP contribution in [0.5, 0.6) is 11.5 Å². The van der Waals surface area contributed by atoms with Crippen LogP contribution in [0.1, 0.15) is 48.3 Å². The normalized spacial score (nSPS) is 13.0. The summed E-state index contributed by atoms with van der Waals surface area (Å²) in [6.45, 7) is 7.51. The summed E-state index contributed by atoms with van der Waals surface area (Å²) in [5.41, 5.74) is 3.86. The van der Waals surface area contributed by atoms with Crippen LogP contribution in [0, 0.1) is 0 Å².